The lowest BCUT2D eigenvalue weighted by molar-refractivity contribution is -0.394. The minimum absolute atomic E-state index is 0.375. The van der Waals surface area contributed by atoms with Crippen LogP contribution in [0.3, 0.4) is 0 Å². The number of nitrogens with zero attached hydrogens (tertiary/aromatic N) is 3. The molecule has 0 saturated heterocycles. The largest absolute Gasteiger partial charge is 0.353 e. The van der Waals surface area contributed by atoms with Crippen LogP contribution in [0.15, 0.2) is 59.7 Å². The van der Waals surface area contributed by atoms with Crippen molar-refractivity contribution in [3.05, 3.63) is 86.0 Å². The van der Waals surface area contributed by atoms with Crippen LogP contribution in [0.2, 0.25) is 0 Å². The first kappa shape index (κ1) is 20.7. The molecule has 0 unspecified atom stereocenters. The number of allylic oxidation sites excluding steroid dienone is 1. The van der Waals surface area contributed by atoms with Gasteiger partial charge in [-0.25, -0.2) is 15.6 Å². The number of nitro benzene ring substituents is 2. The highest BCUT2D eigenvalue weighted by atomic mass is 16.6. The van der Waals surface area contributed by atoms with Crippen LogP contribution in [-0.4, -0.2) is 28.0 Å². The van der Waals surface area contributed by atoms with Gasteiger partial charge in [-0.3, -0.25) is 30.4 Å². The first-order chi connectivity index (χ1) is 13.9. The number of carbonyl (C=O) groups excluding carboxylic acids is 2. The molecule has 2 aromatic rings. The van der Waals surface area contributed by atoms with E-state index in [0.717, 1.165) is 17.7 Å². The fourth-order valence-corrected chi connectivity index (χ4v) is 2.01. The maximum absolute atomic E-state index is 12.0. The molecule has 0 spiro atoms. The molecular formula is C17H14N6O6. The number of carbonyl (C=O) groups is 2. The summed E-state index contributed by atoms with van der Waals surface area (Å²) in [6.45, 7) is 0. The Kier molecular flexibility index (Phi) is 7.08. The zero-order valence-electron chi connectivity index (χ0n) is 14.6. The maximum atomic E-state index is 12.0. The van der Waals surface area contributed by atoms with Crippen LogP contribution < -0.4 is 16.3 Å². The third kappa shape index (κ3) is 6.56. The van der Waals surface area contributed by atoms with Crippen molar-refractivity contribution in [2.75, 3.05) is 0 Å². The molecule has 0 bridgehead atoms. The highest BCUT2D eigenvalue weighted by Crippen LogP contribution is 2.22. The number of hydrazone groups is 1. The number of nitrogens with one attached hydrogen (secondary N) is 3. The summed E-state index contributed by atoms with van der Waals surface area (Å²) < 4.78 is 0. The first-order valence-electron chi connectivity index (χ1n) is 7.92. The molecule has 29 heavy (non-hydrogen) atoms. The molecule has 2 aromatic carbocycles. The number of nitro groups is 2. The summed E-state index contributed by atoms with van der Waals surface area (Å²) in [5, 5.41) is 25.3. The van der Waals surface area contributed by atoms with Gasteiger partial charge in [-0.1, -0.05) is 36.4 Å². The summed E-state index contributed by atoms with van der Waals surface area (Å²) in [5.41, 5.74) is 5.28. The fourth-order valence-electron chi connectivity index (χ4n) is 2.01. The summed E-state index contributed by atoms with van der Waals surface area (Å²) in [6.07, 6.45) is 4.63. The van der Waals surface area contributed by atoms with Gasteiger partial charge in [0.15, 0.2) is 0 Å². The van der Waals surface area contributed by atoms with Crippen molar-refractivity contribution in [3.63, 3.8) is 0 Å². The van der Waals surface area contributed by atoms with Gasteiger partial charge in [0.25, 0.3) is 17.3 Å². The second kappa shape index (κ2) is 9.91. The van der Waals surface area contributed by atoms with Gasteiger partial charge >= 0.3 is 6.03 Å². The standard InChI is InChI=1S/C17H14N6O6/c24-16(13-9-14(22(26)27)11-15(10-13)23(28)29)19-21-17(25)20-18-8-4-7-12-5-2-1-3-6-12/h1-11H,(H,19,24)(H2,20,21,25)/b7-4+,18-8-. The van der Waals surface area contributed by atoms with Crippen molar-refractivity contribution >= 4 is 35.6 Å². The molecule has 2 rings (SSSR count). The van der Waals surface area contributed by atoms with Gasteiger partial charge < -0.3 is 0 Å². The van der Waals surface area contributed by atoms with Crippen molar-refractivity contribution in [2.45, 2.75) is 0 Å². The molecule has 0 saturated carbocycles. The van der Waals surface area contributed by atoms with Crippen molar-refractivity contribution in [1.82, 2.24) is 16.3 Å². The number of amides is 3. The normalized spacial score (nSPS) is 10.6. The van der Waals surface area contributed by atoms with Crippen LogP contribution in [0.5, 0.6) is 0 Å². The van der Waals surface area contributed by atoms with Crippen molar-refractivity contribution in [1.29, 1.82) is 0 Å². The maximum Gasteiger partial charge on any atom is 0.353 e. The summed E-state index contributed by atoms with van der Waals surface area (Å²) in [7, 11) is 0. The van der Waals surface area contributed by atoms with E-state index in [2.05, 4.69) is 10.5 Å². The SMILES string of the molecule is O=C(N/N=C\C=C\c1ccccc1)NNC(=O)c1cc([N+](=O)[O-])cc([N+](=O)[O-])c1. The van der Waals surface area contributed by atoms with E-state index in [0.29, 0.717) is 6.07 Å². The Labute approximate surface area is 163 Å². The van der Waals surface area contributed by atoms with Crippen LogP contribution >= 0.6 is 0 Å². The average molecular weight is 398 g/mol. The minimum atomic E-state index is -0.986. The Morgan fingerprint density at radius 3 is 2.14 bits per heavy atom. The molecule has 0 fully saturated rings. The molecule has 0 heterocycles. The van der Waals surface area contributed by atoms with E-state index in [1.165, 1.54) is 6.21 Å². The quantitative estimate of drug-likeness (QED) is 0.382. The molecule has 148 valence electrons. The smallest absolute Gasteiger partial charge is 0.267 e. The first-order valence-corrected chi connectivity index (χ1v) is 7.92. The highest BCUT2D eigenvalue weighted by Gasteiger charge is 2.20. The van der Waals surface area contributed by atoms with E-state index in [-0.39, 0.29) is 5.56 Å². The van der Waals surface area contributed by atoms with E-state index in [1.807, 2.05) is 41.2 Å². The molecule has 0 radical (unpaired) electrons. The van der Waals surface area contributed by atoms with Crippen LogP contribution in [0.25, 0.3) is 6.08 Å². The van der Waals surface area contributed by atoms with Crippen LogP contribution in [0.1, 0.15) is 15.9 Å². The topological polar surface area (TPSA) is 169 Å². The molecule has 0 aromatic heterocycles. The van der Waals surface area contributed by atoms with Crippen LogP contribution in [-0.2, 0) is 0 Å². The van der Waals surface area contributed by atoms with Gasteiger partial charge in [-0.05, 0) is 11.6 Å². The zero-order chi connectivity index (χ0) is 21.2. The molecule has 0 aliphatic heterocycles. The summed E-state index contributed by atoms with van der Waals surface area (Å²) in [4.78, 5) is 43.5. The third-order valence-electron chi connectivity index (χ3n) is 3.29. The van der Waals surface area contributed by atoms with E-state index >= 15 is 0 Å². The Balaban J connectivity index is 1.89. The van der Waals surface area contributed by atoms with E-state index < -0.39 is 33.2 Å². The molecule has 12 heteroatoms. The lowest BCUT2D eigenvalue weighted by atomic mass is 10.1. The number of rotatable bonds is 6. The zero-order valence-corrected chi connectivity index (χ0v) is 14.6. The van der Waals surface area contributed by atoms with Gasteiger partial charge in [0.2, 0.25) is 0 Å². The van der Waals surface area contributed by atoms with E-state index in [9.17, 15) is 29.8 Å². The predicted molar refractivity (Wildman–Crippen MR) is 103 cm³/mol. The van der Waals surface area contributed by atoms with E-state index in [4.69, 9.17) is 0 Å². The lowest BCUT2D eigenvalue weighted by Crippen LogP contribution is -2.45. The molecule has 3 amide bonds. The van der Waals surface area contributed by atoms with E-state index in [1.54, 1.807) is 12.2 Å². The number of benzene rings is 2. The molecule has 0 aliphatic carbocycles. The Bertz CT molecular complexity index is 957. The molecule has 3 N–H and O–H groups in total. The summed E-state index contributed by atoms with van der Waals surface area (Å²) in [5.74, 6) is -0.986. The fraction of sp³-hybridized carbons (Fsp3) is 0. The van der Waals surface area contributed by atoms with Crippen molar-refractivity contribution < 1.29 is 19.4 Å². The third-order valence-corrected chi connectivity index (χ3v) is 3.29. The van der Waals surface area contributed by atoms with Gasteiger partial charge in [0.05, 0.1) is 21.5 Å². The van der Waals surface area contributed by atoms with Gasteiger partial charge in [0.1, 0.15) is 0 Å². The number of non-ortho nitro benzene ring substituents is 2. The monoisotopic (exact) mass is 398 g/mol. The second-order valence-electron chi connectivity index (χ2n) is 5.32. The Morgan fingerprint density at radius 2 is 1.55 bits per heavy atom. The average Bonchev–Trinajstić information content (AvgIpc) is 2.72. The van der Waals surface area contributed by atoms with Crippen LogP contribution in [0.4, 0.5) is 16.2 Å². The van der Waals surface area contributed by atoms with Crippen molar-refractivity contribution in [2.24, 2.45) is 5.10 Å². The number of hydrogen-bond acceptors (Lipinski definition) is 7. The molecular weight excluding hydrogens is 384 g/mol. The minimum Gasteiger partial charge on any atom is -0.267 e. The van der Waals surface area contributed by atoms with Gasteiger partial charge in [-0.15, -0.1) is 0 Å². The number of hydrazine groups is 1. The van der Waals surface area contributed by atoms with Gasteiger partial charge in [0, 0.05) is 18.3 Å². The summed E-state index contributed by atoms with van der Waals surface area (Å²) in [6, 6.07) is 10.8. The molecule has 0 atom stereocenters. The van der Waals surface area contributed by atoms with Crippen LogP contribution in [0, 0.1) is 20.2 Å². The second-order valence-corrected chi connectivity index (χ2v) is 5.32. The van der Waals surface area contributed by atoms with Gasteiger partial charge in [-0.2, -0.15) is 5.10 Å². The molecule has 0 aliphatic rings. The predicted octanol–water partition coefficient (Wildman–Crippen LogP) is 2.15. The highest BCUT2D eigenvalue weighted by molar-refractivity contribution is 5.96. The summed E-state index contributed by atoms with van der Waals surface area (Å²) >= 11 is 0. The lowest BCUT2D eigenvalue weighted by Gasteiger charge is -2.06. The van der Waals surface area contributed by atoms with Crippen molar-refractivity contribution in [3.8, 4) is 0 Å². The Hall–Kier alpha value is -4.61. The molecule has 12 nitrogen and oxygen atoms in total. The Morgan fingerprint density at radius 1 is 0.931 bits per heavy atom. The number of urea groups is 1. The number of hydrogen-bond donors (Lipinski definition) is 3.